The Morgan fingerprint density at radius 1 is 0.642 bits per heavy atom. The second-order valence-corrected chi connectivity index (χ2v) is 18.2. The van der Waals surface area contributed by atoms with Crippen LogP contribution in [0.4, 0.5) is 0 Å². The lowest BCUT2D eigenvalue weighted by Gasteiger charge is -2.30. The van der Waals surface area contributed by atoms with Crippen LogP contribution in [-0.4, -0.2) is 68.5 Å². The third-order valence-corrected chi connectivity index (χ3v) is 11.2. The highest BCUT2D eigenvalue weighted by molar-refractivity contribution is 7.45. The van der Waals surface area contributed by atoms with Crippen molar-refractivity contribution in [1.29, 1.82) is 0 Å². The Morgan fingerprint density at radius 2 is 1.04 bits per heavy atom. The van der Waals surface area contributed by atoms with E-state index in [-0.39, 0.29) is 19.1 Å². The summed E-state index contributed by atoms with van der Waals surface area (Å²) >= 11 is 0. The number of hydrogen-bond donors (Lipinski definition) is 2. The van der Waals surface area contributed by atoms with Crippen LogP contribution in [0.3, 0.4) is 0 Å². The standard InChI is InChI=1S/C44H89N2O6P/c1-6-8-10-12-14-16-18-20-22-23-24-26-28-30-32-34-36-38-44(48)45-42(41-52-53(49,50)51-40-39-46(3,4)5)43(47)37-35-33-31-29-27-25-21-19-17-15-13-11-9-7-2/h27,29,42-43,47H,6-26,28,30-41H2,1-5H3,(H-,45,48,49,50)/b29-27+/t42-,43+/m0/s1. The van der Waals surface area contributed by atoms with Crippen molar-refractivity contribution in [2.24, 2.45) is 0 Å². The number of unbranched alkanes of at least 4 members (excludes halogenated alkanes) is 26. The number of phosphoric ester groups is 1. The first-order valence-corrected chi connectivity index (χ1v) is 24.0. The molecule has 8 nitrogen and oxygen atoms in total. The number of hydrogen-bond acceptors (Lipinski definition) is 6. The number of carbonyl (C=O) groups is 1. The molecule has 0 heterocycles. The highest BCUT2D eigenvalue weighted by Crippen LogP contribution is 2.38. The number of allylic oxidation sites excluding steroid dienone is 2. The van der Waals surface area contributed by atoms with E-state index in [4.69, 9.17) is 9.05 Å². The van der Waals surface area contributed by atoms with Crippen molar-refractivity contribution in [2.75, 3.05) is 40.9 Å². The molecule has 0 aliphatic rings. The van der Waals surface area contributed by atoms with Gasteiger partial charge in [0.1, 0.15) is 13.2 Å². The summed E-state index contributed by atoms with van der Waals surface area (Å²) in [6.45, 7) is 4.71. The minimum absolute atomic E-state index is 0.00965. The largest absolute Gasteiger partial charge is 0.756 e. The molecule has 0 rings (SSSR count). The molecule has 0 fully saturated rings. The minimum atomic E-state index is -4.56. The van der Waals surface area contributed by atoms with Gasteiger partial charge < -0.3 is 28.8 Å². The molecule has 0 aliphatic heterocycles. The van der Waals surface area contributed by atoms with Gasteiger partial charge in [0.25, 0.3) is 7.82 Å². The SMILES string of the molecule is CCCCCCCCCC/C=C/CCCC[C@@H](O)[C@H](COP(=O)([O-])OCC[N+](C)(C)C)NC(=O)CCCCCCCCCCCCCCCCCCC. The Morgan fingerprint density at radius 3 is 1.47 bits per heavy atom. The molecule has 316 valence electrons. The van der Waals surface area contributed by atoms with Gasteiger partial charge in [-0.15, -0.1) is 0 Å². The third-order valence-electron chi connectivity index (χ3n) is 10.3. The van der Waals surface area contributed by atoms with Crippen LogP contribution in [-0.2, 0) is 18.4 Å². The van der Waals surface area contributed by atoms with Crippen molar-refractivity contribution in [3.05, 3.63) is 12.2 Å². The van der Waals surface area contributed by atoms with Crippen molar-refractivity contribution >= 4 is 13.7 Å². The molecular formula is C44H89N2O6P. The average Bonchev–Trinajstić information content (AvgIpc) is 3.10. The van der Waals surface area contributed by atoms with Crippen LogP contribution in [0.1, 0.15) is 213 Å². The first-order valence-electron chi connectivity index (χ1n) is 22.5. The molecular weight excluding hydrogens is 683 g/mol. The molecule has 1 unspecified atom stereocenters. The molecule has 2 N–H and O–H groups in total. The maximum Gasteiger partial charge on any atom is 0.268 e. The Hall–Kier alpha value is -0.760. The first-order chi connectivity index (χ1) is 25.5. The van der Waals surface area contributed by atoms with Gasteiger partial charge in [0.05, 0.1) is 39.9 Å². The number of likely N-dealkylation sites (N-methyl/N-ethyl adjacent to an activating group) is 1. The summed E-state index contributed by atoms with van der Waals surface area (Å²) in [5.41, 5.74) is 0. The number of aliphatic hydroxyl groups is 1. The normalized spacial score (nSPS) is 14.5. The van der Waals surface area contributed by atoms with E-state index < -0.39 is 20.0 Å². The van der Waals surface area contributed by atoms with Crippen LogP contribution in [0.2, 0.25) is 0 Å². The molecule has 0 spiro atoms. The van der Waals surface area contributed by atoms with Crippen molar-refractivity contribution in [1.82, 2.24) is 5.32 Å². The summed E-state index contributed by atoms with van der Waals surface area (Å²) in [5, 5.41) is 13.9. The van der Waals surface area contributed by atoms with Gasteiger partial charge in [0.15, 0.2) is 0 Å². The number of nitrogens with one attached hydrogen (secondary N) is 1. The van der Waals surface area contributed by atoms with Gasteiger partial charge in [0, 0.05) is 6.42 Å². The summed E-state index contributed by atoms with van der Waals surface area (Å²) < 4.78 is 23.2. The monoisotopic (exact) mass is 773 g/mol. The molecule has 0 aromatic carbocycles. The van der Waals surface area contributed by atoms with E-state index in [9.17, 15) is 19.4 Å². The first kappa shape index (κ1) is 52.2. The maximum absolute atomic E-state index is 12.9. The topological polar surface area (TPSA) is 108 Å². The smallest absolute Gasteiger partial charge is 0.268 e. The Balaban J connectivity index is 4.36. The fraction of sp³-hybridized carbons (Fsp3) is 0.932. The fourth-order valence-electron chi connectivity index (χ4n) is 6.62. The highest BCUT2D eigenvalue weighted by atomic mass is 31.2. The number of amides is 1. The fourth-order valence-corrected chi connectivity index (χ4v) is 7.35. The summed E-state index contributed by atoms with van der Waals surface area (Å²) in [4.78, 5) is 25.3. The number of aliphatic hydroxyl groups excluding tert-OH is 1. The van der Waals surface area contributed by atoms with Crippen LogP contribution in [0, 0.1) is 0 Å². The number of carbonyl (C=O) groups excluding carboxylic acids is 1. The van der Waals surface area contributed by atoms with Gasteiger partial charge in [-0.3, -0.25) is 9.36 Å². The van der Waals surface area contributed by atoms with Gasteiger partial charge in [-0.1, -0.05) is 180 Å². The van der Waals surface area contributed by atoms with E-state index in [1.54, 1.807) is 0 Å². The molecule has 0 saturated carbocycles. The molecule has 53 heavy (non-hydrogen) atoms. The maximum atomic E-state index is 12.9. The second kappa shape index (κ2) is 36.9. The lowest BCUT2D eigenvalue weighted by Crippen LogP contribution is -2.46. The van der Waals surface area contributed by atoms with Gasteiger partial charge in [-0.05, 0) is 38.5 Å². The van der Waals surface area contributed by atoms with Gasteiger partial charge in [0.2, 0.25) is 5.91 Å². The molecule has 0 aromatic rings. The van der Waals surface area contributed by atoms with E-state index >= 15 is 0 Å². The average molecular weight is 773 g/mol. The lowest BCUT2D eigenvalue weighted by molar-refractivity contribution is -0.870. The predicted octanol–water partition coefficient (Wildman–Crippen LogP) is 11.7. The Bertz CT molecular complexity index is 880. The number of quaternary nitrogens is 1. The van der Waals surface area contributed by atoms with E-state index in [0.29, 0.717) is 23.9 Å². The molecule has 0 saturated heterocycles. The quantitative estimate of drug-likeness (QED) is 0.0277. The molecule has 9 heteroatoms. The second-order valence-electron chi connectivity index (χ2n) is 16.8. The van der Waals surface area contributed by atoms with Gasteiger partial charge in [-0.25, -0.2) is 0 Å². The third kappa shape index (κ3) is 39.3. The van der Waals surface area contributed by atoms with E-state index in [2.05, 4.69) is 31.3 Å². The molecule has 0 aromatic heterocycles. The van der Waals surface area contributed by atoms with Crippen LogP contribution in [0.5, 0.6) is 0 Å². The molecule has 0 aliphatic carbocycles. The van der Waals surface area contributed by atoms with Gasteiger partial charge in [-0.2, -0.15) is 0 Å². The molecule has 3 atom stereocenters. The van der Waals surface area contributed by atoms with Crippen molar-refractivity contribution in [3.8, 4) is 0 Å². The van der Waals surface area contributed by atoms with E-state index in [0.717, 1.165) is 44.9 Å². The summed E-state index contributed by atoms with van der Waals surface area (Å²) in [6.07, 6.45) is 40.7. The van der Waals surface area contributed by atoms with Crippen molar-refractivity contribution in [3.63, 3.8) is 0 Å². The van der Waals surface area contributed by atoms with Crippen molar-refractivity contribution < 1.29 is 32.9 Å². The highest BCUT2D eigenvalue weighted by Gasteiger charge is 2.24. The zero-order valence-corrected chi connectivity index (χ0v) is 36.6. The van der Waals surface area contributed by atoms with Crippen molar-refractivity contribution in [2.45, 2.75) is 225 Å². The van der Waals surface area contributed by atoms with Crippen LogP contribution >= 0.6 is 7.82 Å². The van der Waals surface area contributed by atoms with Crippen LogP contribution in [0.25, 0.3) is 0 Å². The van der Waals surface area contributed by atoms with Gasteiger partial charge >= 0.3 is 0 Å². The molecule has 0 bridgehead atoms. The molecule has 1 amide bonds. The Labute approximate surface area is 329 Å². The Kier molecular flexibility index (Phi) is 36.3. The predicted molar refractivity (Wildman–Crippen MR) is 224 cm³/mol. The van der Waals surface area contributed by atoms with E-state index in [1.807, 2.05) is 21.1 Å². The summed E-state index contributed by atoms with van der Waals surface area (Å²) in [5.74, 6) is -0.172. The summed E-state index contributed by atoms with van der Waals surface area (Å²) in [7, 11) is 1.30. The van der Waals surface area contributed by atoms with Crippen LogP contribution in [0.15, 0.2) is 12.2 Å². The zero-order chi connectivity index (χ0) is 39.3. The zero-order valence-electron chi connectivity index (χ0n) is 35.7. The molecule has 0 radical (unpaired) electrons. The lowest BCUT2D eigenvalue weighted by atomic mass is 10.0. The number of phosphoric acid groups is 1. The number of rotatable bonds is 41. The van der Waals surface area contributed by atoms with E-state index in [1.165, 1.54) is 141 Å². The van der Waals surface area contributed by atoms with Crippen LogP contribution < -0.4 is 10.2 Å². The number of nitrogens with zero attached hydrogens (tertiary/aromatic N) is 1. The minimum Gasteiger partial charge on any atom is -0.756 e. The summed E-state index contributed by atoms with van der Waals surface area (Å²) in [6, 6.07) is -0.810.